The summed E-state index contributed by atoms with van der Waals surface area (Å²) in [5.74, 6) is -1.59. The van der Waals surface area contributed by atoms with Gasteiger partial charge in [-0.25, -0.2) is 9.59 Å². The molecule has 2 heterocycles. The summed E-state index contributed by atoms with van der Waals surface area (Å²) in [4.78, 5) is 19.1. The Bertz CT molecular complexity index is 820. The first-order chi connectivity index (χ1) is 12.3. The van der Waals surface area contributed by atoms with E-state index < -0.39 is 11.9 Å². The maximum Gasteiger partial charge on any atom is 0.328 e. The Morgan fingerprint density at radius 3 is 2.50 bits per heavy atom. The molecule has 7 nitrogen and oxygen atoms in total. The van der Waals surface area contributed by atoms with Crippen molar-refractivity contribution in [3.05, 3.63) is 41.6 Å². The van der Waals surface area contributed by atoms with Crippen LogP contribution in [0.4, 0.5) is 0 Å². The fourth-order valence-corrected chi connectivity index (χ4v) is 3.22. The minimum absolute atomic E-state index is 0.201. The normalized spacial score (nSPS) is 14.0. The molecule has 0 saturated heterocycles. The zero-order valence-electron chi connectivity index (χ0n) is 14.9. The predicted molar refractivity (Wildman–Crippen MR) is 98.6 cm³/mol. The number of nitrogens with two attached hydrogens (primary N) is 1. The van der Waals surface area contributed by atoms with E-state index >= 15 is 0 Å². The molecule has 3 rings (SSSR count). The molecule has 0 amide bonds. The molecule has 26 heavy (non-hydrogen) atoms. The summed E-state index contributed by atoms with van der Waals surface area (Å²) < 4.78 is 7.79. The van der Waals surface area contributed by atoms with Crippen molar-refractivity contribution >= 4 is 22.8 Å². The lowest BCUT2D eigenvalue weighted by atomic mass is 10.0. The summed E-state index contributed by atoms with van der Waals surface area (Å²) in [5.41, 5.74) is 10.2. The van der Waals surface area contributed by atoms with Crippen molar-refractivity contribution in [2.45, 2.75) is 38.8 Å². The van der Waals surface area contributed by atoms with Gasteiger partial charge in [-0.2, -0.15) is 0 Å². The van der Waals surface area contributed by atoms with E-state index in [1.54, 1.807) is 7.11 Å². The minimum Gasteiger partial charge on any atom is -0.497 e. The number of aliphatic carboxylic acids is 2. The van der Waals surface area contributed by atoms with Gasteiger partial charge in [0.2, 0.25) is 0 Å². The lowest BCUT2D eigenvalue weighted by molar-refractivity contribution is -0.134. The molecule has 1 aliphatic heterocycles. The van der Waals surface area contributed by atoms with E-state index in [4.69, 9.17) is 20.7 Å². The van der Waals surface area contributed by atoms with Gasteiger partial charge < -0.3 is 25.3 Å². The van der Waals surface area contributed by atoms with Gasteiger partial charge in [0.05, 0.1) is 7.11 Å². The number of fused-ring (bicyclic) bond motifs is 3. The van der Waals surface area contributed by atoms with E-state index in [1.807, 2.05) is 6.07 Å². The first-order valence-electron chi connectivity index (χ1n) is 8.41. The molecule has 7 heteroatoms. The monoisotopic (exact) mass is 360 g/mol. The van der Waals surface area contributed by atoms with Crippen LogP contribution in [0.1, 0.15) is 24.6 Å². The van der Waals surface area contributed by atoms with Crippen LogP contribution in [0.5, 0.6) is 5.75 Å². The van der Waals surface area contributed by atoms with Gasteiger partial charge in [0, 0.05) is 41.3 Å². The topological polar surface area (TPSA) is 115 Å². The van der Waals surface area contributed by atoms with Crippen molar-refractivity contribution in [3.8, 4) is 5.75 Å². The second kappa shape index (κ2) is 8.53. The van der Waals surface area contributed by atoms with Crippen LogP contribution < -0.4 is 10.5 Å². The lowest BCUT2D eigenvalue weighted by Gasteiger charge is -2.07. The van der Waals surface area contributed by atoms with Crippen molar-refractivity contribution in [1.29, 1.82) is 0 Å². The van der Waals surface area contributed by atoms with E-state index in [0.717, 1.165) is 18.7 Å². The molecule has 1 aliphatic rings. The van der Waals surface area contributed by atoms with Crippen LogP contribution in [0.3, 0.4) is 0 Å². The number of hydrogen-bond acceptors (Lipinski definition) is 4. The maximum absolute atomic E-state index is 9.55. The molecule has 4 N–H and O–H groups in total. The molecule has 1 atom stereocenters. The number of aromatic nitrogens is 1. The number of aryl methyl sites for hydroxylation is 1. The number of methoxy groups -OCH3 is 1. The highest BCUT2D eigenvalue weighted by Gasteiger charge is 2.21. The molecule has 0 saturated carbocycles. The SMILES string of the molecule is COc1ccc2c(c1)c(CC(C)N)c1n2CCC1.O=C(O)C=CC(=O)O. The number of carbonyl (C=O) groups is 2. The van der Waals surface area contributed by atoms with Gasteiger partial charge in [-0.05, 0) is 49.9 Å². The lowest BCUT2D eigenvalue weighted by Crippen LogP contribution is -2.18. The van der Waals surface area contributed by atoms with Crippen molar-refractivity contribution in [2.24, 2.45) is 5.73 Å². The zero-order valence-corrected chi connectivity index (χ0v) is 14.9. The van der Waals surface area contributed by atoms with Crippen LogP contribution in [0.15, 0.2) is 30.4 Å². The summed E-state index contributed by atoms with van der Waals surface area (Å²) in [5, 5.41) is 16.9. The molecular formula is C19H24N2O5. The largest absolute Gasteiger partial charge is 0.497 e. The van der Waals surface area contributed by atoms with Crippen LogP contribution in [-0.4, -0.2) is 39.9 Å². The van der Waals surface area contributed by atoms with Crippen LogP contribution >= 0.6 is 0 Å². The fourth-order valence-electron chi connectivity index (χ4n) is 3.22. The third-order valence-corrected chi connectivity index (χ3v) is 4.18. The van der Waals surface area contributed by atoms with Crippen LogP contribution in [-0.2, 0) is 29.0 Å². The first-order valence-corrected chi connectivity index (χ1v) is 8.41. The Hall–Kier alpha value is -2.80. The van der Waals surface area contributed by atoms with Gasteiger partial charge in [-0.15, -0.1) is 0 Å². The van der Waals surface area contributed by atoms with Crippen molar-refractivity contribution in [2.75, 3.05) is 7.11 Å². The van der Waals surface area contributed by atoms with E-state index in [9.17, 15) is 9.59 Å². The Morgan fingerprint density at radius 2 is 1.96 bits per heavy atom. The number of benzene rings is 1. The third-order valence-electron chi connectivity index (χ3n) is 4.18. The maximum atomic E-state index is 9.55. The molecule has 0 fully saturated rings. The Balaban J connectivity index is 0.000000260. The van der Waals surface area contributed by atoms with Crippen molar-refractivity contribution in [1.82, 2.24) is 4.57 Å². The number of carboxylic acids is 2. The molecule has 2 aromatic rings. The summed E-state index contributed by atoms with van der Waals surface area (Å²) in [7, 11) is 1.72. The highest BCUT2D eigenvalue weighted by molar-refractivity contribution is 5.89. The van der Waals surface area contributed by atoms with Crippen LogP contribution in [0.2, 0.25) is 0 Å². The van der Waals surface area contributed by atoms with Gasteiger partial charge in [0.15, 0.2) is 0 Å². The van der Waals surface area contributed by atoms with Gasteiger partial charge in [0.25, 0.3) is 0 Å². The minimum atomic E-state index is -1.26. The second-order valence-corrected chi connectivity index (χ2v) is 6.25. The average Bonchev–Trinajstić information content (AvgIpc) is 3.16. The van der Waals surface area contributed by atoms with Gasteiger partial charge in [-0.3, -0.25) is 0 Å². The van der Waals surface area contributed by atoms with Crippen LogP contribution in [0.25, 0.3) is 10.9 Å². The number of rotatable bonds is 5. The van der Waals surface area contributed by atoms with E-state index in [1.165, 1.54) is 35.0 Å². The van der Waals surface area contributed by atoms with Gasteiger partial charge in [-0.1, -0.05) is 0 Å². The van der Waals surface area contributed by atoms with E-state index in [-0.39, 0.29) is 6.04 Å². The summed E-state index contributed by atoms with van der Waals surface area (Å²) in [6, 6.07) is 6.57. The van der Waals surface area contributed by atoms with E-state index in [2.05, 4.69) is 23.6 Å². The van der Waals surface area contributed by atoms with Gasteiger partial charge >= 0.3 is 11.9 Å². The number of hydrogen-bond donors (Lipinski definition) is 3. The molecule has 140 valence electrons. The fraction of sp³-hybridized carbons (Fsp3) is 0.368. The molecule has 0 spiro atoms. The van der Waals surface area contributed by atoms with Crippen molar-refractivity contribution in [3.63, 3.8) is 0 Å². The first kappa shape index (κ1) is 19.5. The standard InChI is InChI=1S/C15H20N2O.C4H4O4/c1-10(16)8-12-13-9-11(18-2)5-6-15(13)17-7-3-4-14(12)17;5-3(6)1-2-4(7)8/h5-6,9-10H,3-4,7-8,16H2,1-2H3;1-2H,(H,5,6)(H,7,8). The molecule has 1 unspecified atom stereocenters. The number of ether oxygens (including phenoxy) is 1. The molecule has 0 radical (unpaired) electrons. The Labute approximate surface area is 151 Å². The van der Waals surface area contributed by atoms with E-state index in [0.29, 0.717) is 12.2 Å². The Morgan fingerprint density at radius 1 is 1.31 bits per heavy atom. The number of carboxylic acid groups (broad SMARTS) is 2. The highest BCUT2D eigenvalue weighted by Crippen LogP contribution is 2.34. The van der Waals surface area contributed by atoms with Crippen molar-refractivity contribution < 1.29 is 24.5 Å². The quantitative estimate of drug-likeness (QED) is 0.704. The summed E-state index contributed by atoms with van der Waals surface area (Å²) in [6.07, 6.45) is 4.50. The molecule has 1 aromatic carbocycles. The second-order valence-electron chi connectivity index (χ2n) is 6.25. The molecule has 1 aromatic heterocycles. The molecule has 0 bridgehead atoms. The average molecular weight is 360 g/mol. The summed E-state index contributed by atoms with van der Waals surface area (Å²) in [6.45, 7) is 3.21. The zero-order chi connectivity index (χ0) is 19.3. The smallest absolute Gasteiger partial charge is 0.328 e. The Kier molecular flexibility index (Phi) is 6.41. The predicted octanol–water partition coefficient (Wildman–Crippen LogP) is 2.20. The van der Waals surface area contributed by atoms with Crippen LogP contribution in [0, 0.1) is 0 Å². The number of nitrogens with zero attached hydrogens (tertiary/aromatic N) is 1. The summed E-state index contributed by atoms with van der Waals surface area (Å²) >= 11 is 0. The van der Waals surface area contributed by atoms with Gasteiger partial charge in [0.1, 0.15) is 5.75 Å². The molecular weight excluding hydrogens is 336 g/mol. The third kappa shape index (κ3) is 4.64. The highest BCUT2D eigenvalue weighted by atomic mass is 16.5. The molecule has 0 aliphatic carbocycles.